The second-order valence-electron chi connectivity index (χ2n) is 4.00. The van der Waals surface area contributed by atoms with E-state index in [-0.39, 0.29) is 5.69 Å². The predicted molar refractivity (Wildman–Crippen MR) is 61.2 cm³/mol. The number of hydrogen-bond acceptors (Lipinski definition) is 5. The van der Waals surface area contributed by atoms with E-state index in [1.165, 1.54) is 11.1 Å². The zero-order valence-electron chi connectivity index (χ0n) is 9.54. The zero-order chi connectivity index (χ0) is 13.1. The Labute approximate surface area is 103 Å². The topological polar surface area (TPSA) is 92.9 Å². The molecule has 0 spiro atoms. The number of nitro benzene ring substituents is 1. The largest absolute Gasteiger partial charge is 0.525 e. The fourth-order valence-electron chi connectivity index (χ4n) is 2.01. The minimum Gasteiger partial charge on any atom is -0.448 e. The molecule has 2 rings (SSSR count). The van der Waals surface area contributed by atoms with Crippen molar-refractivity contribution in [3.05, 3.63) is 39.4 Å². The average Bonchev–Trinajstić information content (AvgIpc) is 2.50. The van der Waals surface area contributed by atoms with Crippen LogP contribution >= 0.6 is 0 Å². The highest BCUT2D eigenvalue weighted by Gasteiger charge is 2.19. The van der Waals surface area contributed by atoms with Crippen LogP contribution in [-0.2, 0) is 17.7 Å². The molecule has 96 valence electrons. The molecule has 0 aliphatic carbocycles. The van der Waals surface area contributed by atoms with Crippen LogP contribution in [0.15, 0.2) is 18.2 Å². The lowest BCUT2D eigenvalue weighted by atomic mass is 10.0. The molecule has 1 N–H and O–H groups in total. The molecule has 0 unspecified atom stereocenters. The maximum Gasteiger partial charge on any atom is 0.525 e. The lowest BCUT2D eigenvalue weighted by Gasteiger charge is -2.15. The number of non-ortho nitro benzene ring substituents is 1. The summed E-state index contributed by atoms with van der Waals surface area (Å²) >= 11 is 0. The Hall–Kier alpha value is -2.15. The third-order valence-electron chi connectivity index (χ3n) is 2.87. The van der Waals surface area contributed by atoms with Crippen molar-refractivity contribution in [2.45, 2.75) is 12.8 Å². The number of carbonyl (C=O) groups is 1. The molecule has 1 aromatic rings. The molecule has 0 fully saturated rings. The van der Waals surface area contributed by atoms with Crippen molar-refractivity contribution in [2.75, 3.05) is 13.1 Å². The SMILES string of the molecule is O=C(O)ON1CCc2ccc([N+](=O)[O-])cc2CC1. The van der Waals surface area contributed by atoms with Crippen LogP contribution in [0, 0.1) is 10.1 Å². The molecular formula is C11H12N2O5. The summed E-state index contributed by atoms with van der Waals surface area (Å²) in [7, 11) is 0. The van der Waals surface area contributed by atoms with Gasteiger partial charge in [-0.15, -0.1) is 5.06 Å². The van der Waals surface area contributed by atoms with E-state index in [1.807, 2.05) is 0 Å². The first-order valence-corrected chi connectivity index (χ1v) is 5.48. The second-order valence-corrected chi connectivity index (χ2v) is 4.00. The van der Waals surface area contributed by atoms with Gasteiger partial charge in [0.2, 0.25) is 0 Å². The van der Waals surface area contributed by atoms with Crippen molar-refractivity contribution in [1.29, 1.82) is 0 Å². The fraction of sp³-hybridized carbons (Fsp3) is 0.364. The molecule has 0 saturated heterocycles. The number of hydroxylamine groups is 2. The van der Waals surface area contributed by atoms with Crippen molar-refractivity contribution in [3.8, 4) is 0 Å². The molecule has 1 aliphatic heterocycles. The van der Waals surface area contributed by atoms with Gasteiger partial charge in [-0.2, -0.15) is 0 Å². The summed E-state index contributed by atoms with van der Waals surface area (Å²) in [5, 5.41) is 20.6. The highest BCUT2D eigenvalue weighted by Crippen LogP contribution is 2.21. The smallest absolute Gasteiger partial charge is 0.448 e. The monoisotopic (exact) mass is 252 g/mol. The van der Waals surface area contributed by atoms with E-state index >= 15 is 0 Å². The van der Waals surface area contributed by atoms with Crippen molar-refractivity contribution in [3.63, 3.8) is 0 Å². The molecule has 0 aromatic heterocycles. The number of carboxylic acid groups (broad SMARTS) is 1. The molecule has 1 heterocycles. The standard InChI is InChI=1S/C11H12N2O5/c14-11(15)18-12-5-3-8-1-2-10(13(16)17)7-9(8)4-6-12/h1-2,7H,3-6H2,(H,14,15). The van der Waals surface area contributed by atoms with E-state index in [0.717, 1.165) is 11.1 Å². The molecule has 0 bridgehead atoms. The zero-order valence-corrected chi connectivity index (χ0v) is 9.54. The number of fused-ring (bicyclic) bond motifs is 1. The lowest BCUT2D eigenvalue weighted by molar-refractivity contribution is -0.384. The van der Waals surface area contributed by atoms with E-state index < -0.39 is 11.1 Å². The van der Waals surface area contributed by atoms with E-state index in [9.17, 15) is 14.9 Å². The van der Waals surface area contributed by atoms with Gasteiger partial charge < -0.3 is 9.94 Å². The van der Waals surface area contributed by atoms with Gasteiger partial charge in [-0.1, -0.05) is 6.07 Å². The van der Waals surface area contributed by atoms with E-state index in [2.05, 4.69) is 4.84 Å². The molecule has 0 radical (unpaired) electrons. The lowest BCUT2D eigenvalue weighted by Crippen LogP contribution is -2.29. The molecular weight excluding hydrogens is 240 g/mol. The second kappa shape index (κ2) is 5.01. The summed E-state index contributed by atoms with van der Waals surface area (Å²) in [6.07, 6.45) is -0.197. The van der Waals surface area contributed by atoms with Gasteiger partial charge in [-0.25, -0.2) is 4.79 Å². The summed E-state index contributed by atoms with van der Waals surface area (Å²) in [6.45, 7) is 0.859. The molecule has 18 heavy (non-hydrogen) atoms. The van der Waals surface area contributed by atoms with E-state index in [0.29, 0.717) is 25.9 Å². The van der Waals surface area contributed by atoms with Crippen molar-refractivity contribution < 1.29 is 19.7 Å². The molecule has 1 aliphatic rings. The Bertz CT molecular complexity index is 488. The summed E-state index contributed by atoms with van der Waals surface area (Å²) in [6, 6.07) is 4.73. The fourth-order valence-corrected chi connectivity index (χ4v) is 2.01. The number of nitro groups is 1. The maximum absolute atomic E-state index is 10.7. The van der Waals surface area contributed by atoms with E-state index in [4.69, 9.17) is 5.11 Å². The molecule has 0 saturated carbocycles. The van der Waals surface area contributed by atoms with Crippen molar-refractivity contribution in [2.24, 2.45) is 0 Å². The van der Waals surface area contributed by atoms with Crippen LogP contribution in [0.2, 0.25) is 0 Å². The predicted octanol–water partition coefficient (Wildman–Crippen LogP) is 1.60. The minimum absolute atomic E-state index is 0.0568. The van der Waals surface area contributed by atoms with Crippen LogP contribution in [0.5, 0.6) is 0 Å². The normalized spacial score (nSPS) is 15.6. The Morgan fingerprint density at radius 3 is 2.61 bits per heavy atom. The first-order chi connectivity index (χ1) is 8.56. The third kappa shape index (κ3) is 2.75. The maximum atomic E-state index is 10.7. The van der Waals surface area contributed by atoms with Crippen molar-refractivity contribution >= 4 is 11.8 Å². The Morgan fingerprint density at radius 1 is 1.33 bits per heavy atom. The average molecular weight is 252 g/mol. The van der Waals surface area contributed by atoms with Gasteiger partial charge in [0.15, 0.2) is 0 Å². The first-order valence-electron chi connectivity index (χ1n) is 5.48. The summed E-state index contributed by atoms with van der Waals surface area (Å²) < 4.78 is 0. The molecule has 0 atom stereocenters. The van der Waals surface area contributed by atoms with Crippen LogP contribution in [0.3, 0.4) is 0 Å². The molecule has 1 aromatic carbocycles. The number of hydrogen-bond donors (Lipinski definition) is 1. The summed E-state index contributed by atoms with van der Waals surface area (Å²) in [4.78, 5) is 25.3. The quantitative estimate of drug-likeness (QED) is 0.634. The van der Waals surface area contributed by atoms with E-state index in [1.54, 1.807) is 12.1 Å². The van der Waals surface area contributed by atoms with Gasteiger partial charge in [0, 0.05) is 25.2 Å². The highest BCUT2D eigenvalue weighted by molar-refractivity contribution is 5.56. The summed E-state index contributed by atoms with van der Waals surface area (Å²) in [5.41, 5.74) is 1.93. The minimum atomic E-state index is -1.34. The Morgan fingerprint density at radius 2 is 2.00 bits per heavy atom. The molecule has 7 nitrogen and oxygen atoms in total. The van der Waals surface area contributed by atoms with Crippen LogP contribution in [0.25, 0.3) is 0 Å². The van der Waals surface area contributed by atoms with Gasteiger partial charge in [0.05, 0.1) is 4.92 Å². The molecule has 0 amide bonds. The summed E-state index contributed by atoms with van der Waals surface area (Å²) in [5.74, 6) is 0. The van der Waals surface area contributed by atoms with Crippen molar-refractivity contribution in [1.82, 2.24) is 5.06 Å². The molecule has 7 heteroatoms. The van der Waals surface area contributed by atoms with Gasteiger partial charge in [0.25, 0.3) is 5.69 Å². The number of rotatable bonds is 2. The Balaban J connectivity index is 2.15. The Kier molecular flexibility index (Phi) is 3.42. The van der Waals surface area contributed by atoms with Gasteiger partial charge in [-0.3, -0.25) is 10.1 Å². The van der Waals surface area contributed by atoms with Gasteiger partial charge in [-0.05, 0) is 24.0 Å². The highest BCUT2D eigenvalue weighted by atomic mass is 16.8. The third-order valence-corrected chi connectivity index (χ3v) is 2.87. The van der Waals surface area contributed by atoms with Crippen LogP contribution in [0.4, 0.5) is 10.5 Å². The first kappa shape index (κ1) is 12.3. The van der Waals surface area contributed by atoms with Crippen LogP contribution in [-0.4, -0.2) is 34.3 Å². The van der Waals surface area contributed by atoms with Crippen LogP contribution < -0.4 is 0 Å². The number of benzene rings is 1. The number of nitrogens with zero attached hydrogens (tertiary/aromatic N) is 2. The van der Waals surface area contributed by atoms with Crippen LogP contribution in [0.1, 0.15) is 11.1 Å². The van der Waals surface area contributed by atoms with Gasteiger partial charge in [0.1, 0.15) is 0 Å². The van der Waals surface area contributed by atoms with Gasteiger partial charge >= 0.3 is 6.16 Å².